The second-order valence-corrected chi connectivity index (χ2v) is 6.07. The Labute approximate surface area is 114 Å². The van der Waals surface area contributed by atoms with Gasteiger partial charge in [0.2, 0.25) is 0 Å². The van der Waals surface area contributed by atoms with E-state index in [1.54, 1.807) is 6.07 Å². The number of nitrogens with one attached hydrogen (secondary N) is 1. The maximum Gasteiger partial charge on any atom is 0.125 e. The Morgan fingerprint density at radius 2 is 2.00 bits per heavy atom. The van der Waals surface area contributed by atoms with E-state index in [2.05, 4.69) is 5.32 Å². The number of rotatable bonds is 2. The third-order valence-electron chi connectivity index (χ3n) is 4.90. The van der Waals surface area contributed by atoms with Crippen molar-refractivity contribution >= 4 is 5.69 Å². The van der Waals surface area contributed by atoms with Crippen LogP contribution >= 0.6 is 0 Å². The summed E-state index contributed by atoms with van der Waals surface area (Å²) in [5.41, 5.74) is 0.188. The topological polar surface area (TPSA) is 32.3 Å². The van der Waals surface area contributed by atoms with E-state index in [4.69, 9.17) is 0 Å². The van der Waals surface area contributed by atoms with E-state index in [0.717, 1.165) is 44.2 Å². The van der Waals surface area contributed by atoms with Gasteiger partial charge in [-0.25, -0.2) is 4.39 Å². The van der Waals surface area contributed by atoms with Gasteiger partial charge in [0.05, 0.1) is 11.6 Å². The van der Waals surface area contributed by atoms with Crippen LogP contribution in [0.3, 0.4) is 0 Å². The standard InChI is InChI=1S/C16H22FNO/c17-13-7-4-8-14(11-13)18-15-9-3-6-12-5-1-2-10-16(12,15)19/h4,7-8,11-12,15,18-19H,1-3,5-6,9-10H2/t12-,15+,16-/m1/s1. The molecule has 0 saturated heterocycles. The summed E-state index contributed by atoms with van der Waals surface area (Å²) < 4.78 is 13.2. The van der Waals surface area contributed by atoms with Crippen LogP contribution in [0.4, 0.5) is 10.1 Å². The predicted octanol–water partition coefficient (Wildman–Crippen LogP) is 3.71. The maximum absolute atomic E-state index is 13.2. The van der Waals surface area contributed by atoms with Gasteiger partial charge >= 0.3 is 0 Å². The number of hydrogen-bond donors (Lipinski definition) is 2. The minimum atomic E-state index is -0.594. The molecule has 2 N–H and O–H groups in total. The average Bonchev–Trinajstić information content (AvgIpc) is 2.40. The van der Waals surface area contributed by atoms with E-state index in [-0.39, 0.29) is 11.9 Å². The predicted molar refractivity (Wildman–Crippen MR) is 74.6 cm³/mol. The normalized spacial score (nSPS) is 34.6. The fourth-order valence-corrected chi connectivity index (χ4v) is 3.90. The van der Waals surface area contributed by atoms with E-state index in [0.29, 0.717) is 5.92 Å². The molecule has 2 aliphatic rings. The van der Waals surface area contributed by atoms with Gasteiger partial charge in [-0.1, -0.05) is 25.3 Å². The van der Waals surface area contributed by atoms with Crippen molar-refractivity contribution in [1.29, 1.82) is 0 Å². The van der Waals surface area contributed by atoms with Gasteiger partial charge in [-0.05, 0) is 49.8 Å². The van der Waals surface area contributed by atoms with E-state index in [9.17, 15) is 9.50 Å². The van der Waals surface area contributed by atoms with Crippen LogP contribution < -0.4 is 5.32 Å². The molecule has 3 atom stereocenters. The van der Waals surface area contributed by atoms with Gasteiger partial charge in [-0.3, -0.25) is 0 Å². The molecular weight excluding hydrogens is 241 g/mol. The molecule has 1 aromatic rings. The fraction of sp³-hybridized carbons (Fsp3) is 0.625. The Kier molecular flexibility index (Phi) is 3.48. The molecule has 0 amide bonds. The SMILES string of the molecule is O[C@]12CCCC[C@@H]1CCC[C@@H]2Nc1cccc(F)c1. The van der Waals surface area contributed by atoms with Crippen molar-refractivity contribution in [3.63, 3.8) is 0 Å². The van der Waals surface area contributed by atoms with E-state index in [1.807, 2.05) is 6.07 Å². The summed E-state index contributed by atoms with van der Waals surface area (Å²) in [5, 5.41) is 14.4. The van der Waals surface area contributed by atoms with E-state index in [1.165, 1.54) is 18.6 Å². The first-order valence-electron chi connectivity index (χ1n) is 7.43. The Morgan fingerprint density at radius 3 is 2.84 bits per heavy atom. The van der Waals surface area contributed by atoms with Crippen LogP contribution in [-0.4, -0.2) is 16.7 Å². The highest BCUT2D eigenvalue weighted by molar-refractivity contribution is 5.45. The van der Waals surface area contributed by atoms with Crippen LogP contribution in [0.2, 0.25) is 0 Å². The van der Waals surface area contributed by atoms with Crippen molar-refractivity contribution in [3.05, 3.63) is 30.1 Å². The van der Waals surface area contributed by atoms with Crippen LogP contribution in [0.5, 0.6) is 0 Å². The molecule has 104 valence electrons. The zero-order chi connectivity index (χ0) is 13.3. The molecule has 0 aromatic heterocycles. The van der Waals surface area contributed by atoms with Crippen molar-refractivity contribution in [1.82, 2.24) is 0 Å². The molecule has 19 heavy (non-hydrogen) atoms. The van der Waals surface area contributed by atoms with Crippen LogP contribution in [0.1, 0.15) is 44.9 Å². The van der Waals surface area contributed by atoms with Gasteiger partial charge in [0.15, 0.2) is 0 Å². The Morgan fingerprint density at radius 1 is 1.16 bits per heavy atom. The van der Waals surface area contributed by atoms with Crippen LogP contribution in [0, 0.1) is 11.7 Å². The first kappa shape index (κ1) is 12.9. The number of anilines is 1. The molecule has 0 unspecified atom stereocenters. The number of halogens is 1. The van der Waals surface area contributed by atoms with Crippen LogP contribution in [0.25, 0.3) is 0 Å². The number of fused-ring (bicyclic) bond motifs is 1. The van der Waals surface area contributed by atoms with Gasteiger partial charge < -0.3 is 10.4 Å². The lowest BCUT2D eigenvalue weighted by Crippen LogP contribution is -2.56. The Bertz CT molecular complexity index is 448. The third kappa shape index (κ3) is 2.48. The second-order valence-electron chi connectivity index (χ2n) is 6.07. The summed E-state index contributed by atoms with van der Waals surface area (Å²) in [6.45, 7) is 0. The molecular formula is C16H22FNO. The monoisotopic (exact) mass is 263 g/mol. The summed E-state index contributed by atoms with van der Waals surface area (Å²) in [6, 6.07) is 6.61. The smallest absolute Gasteiger partial charge is 0.125 e. The molecule has 2 fully saturated rings. The summed E-state index contributed by atoms with van der Waals surface area (Å²) in [4.78, 5) is 0. The third-order valence-corrected chi connectivity index (χ3v) is 4.90. The van der Waals surface area contributed by atoms with Crippen molar-refractivity contribution in [2.75, 3.05) is 5.32 Å². The molecule has 0 bridgehead atoms. The number of hydrogen-bond acceptors (Lipinski definition) is 2. The van der Waals surface area contributed by atoms with Gasteiger partial charge in [-0.15, -0.1) is 0 Å². The highest BCUT2D eigenvalue weighted by Crippen LogP contribution is 2.44. The molecule has 1 aromatic carbocycles. The van der Waals surface area contributed by atoms with Gasteiger partial charge in [0.25, 0.3) is 0 Å². The Balaban J connectivity index is 1.79. The number of benzene rings is 1. The molecule has 2 saturated carbocycles. The van der Waals surface area contributed by atoms with Crippen molar-refractivity contribution in [2.24, 2.45) is 5.92 Å². The molecule has 0 aliphatic heterocycles. The van der Waals surface area contributed by atoms with E-state index >= 15 is 0 Å². The lowest BCUT2D eigenvalue weighted by Gasteiger charge is -2.49. The first-order chi connectivity index (χ1) is 9.18. The fourth-order valence-electron chi connectivity index (χ4n) is 3.90. The van der Waals surface area contributed by atoms with Crippen molar-refractivity contribution < 1.29 is 9.50 Å². The van der Waals surface area contributed by atoms with Gasteiger partial charge in [-0.2, -0.15) is 0 Å². The lowest BCUT2D eigenvalue weighted by molar-refractivity contribution is -0.0835. The minimum Gasteiger partial charge on any atom is -0.387 e. The number of aliphatic hydroxyl groups is 1. The highest BCUT2D eigenvalue weighted by atomic mass is 19.1. The first-order valence-corrected chi connectivity index (χ1v) is 7.43. The zero-order valence-corrected chi connectivity index (χ0v) is 11.2. The van der Waals surface area contributed by atoms with Crippen LogP contribution in [0.15, 0.2) is 24.3 Å². The largest absolute Gasteiger partial charge is 0.387 e. The Hall–Kier alpha value is -1.09. The molecule has 0 radical (unpaired) electrons. The van der Waals surface area contributed by atoms with Crippen molar-refractivity contribution in [3.8, 4) is 0 Å². The van der Waals surface area contributed by atoms with Crippen LogP contribution in [-0.2, 0) is 0 Å². The quantitative estimate of drug-likeness (QED) is 0.852. The average molecular weight is 263 g/mol. The summed E-state index contributed by atoms with van der Waals surface area (Å²) in [6.07, 6.45) is 7.62. The molecule has 0 heterocycles. The molecule has 3 rings (SSSR count). The summed E-state index contributed by atoms with van der Waals surface area (Å²) in [7, 11) is 0. The second kappa shape index (κ2) is 5.12. The zero-order valence-electron chi connectivity index (χ0n) is 11.2. The molecule has 2 aliphatic carbocycles. The minimum absolute atomic E-state index is 0.0633. The molecule has 2 nitrogen and oxygen atoms in total. The van der Waals surface area contributed by atoms with Gasteiger partial charge in [0, 0.05) is 5.69 Å². The van der Waals surface area contributed by atoms with Crippen molar-refractivity contribution in [2.45, 2.75) is 56.6 Å². The van der Waals surface area contributed by atoms with Gasteiger partial charge in [0.1, 0.15) is 5.82 Å². The highest BCUT2D eigenvalue weighted by Gasteiger charge is 2.47. The maximum atomic E-state index is 13.2. The summed E-state index contributed by atoms with van der Waals surface area (Å²) in [5.74, 6) is 0.189. The molecule has 3 heteroatoms. The van der Waals surface area contributed by atoms with E-state index < -0.39 is 5.60 Å². The lowest BCUT2D eigenvalue weighted by atomic mass is 9.65. The molecule has 0 spiro atoms. The summed E-state index contributed by atoms with van der Waals surface area (Å²) >= 11 is 0.